The minimum atomic E-state index is 0.0116. The van der Waals surface area contributed by atoms with Crippen molar-refractivity contribution >= 4 is 11.8 Å². The summed E-state index contributed by atoms with van der Waals surface area (Å²) >= 11 is 0. The van der Waals surface area contributed by atoms with Gasteiger partial charge >= 0.3 is 0 Å². The van der Waals surface area contributed by atoms with Crippen LogP contribution in [0.4, 0.5) is 0 Å². The lowest BCUT2D eigenvalue weighted by atomic mass is 9.96. The highest BCUT2D eigenvalue weighted by atomic mass is 16.3. The summed E-state index contributed by atoms with van der Waals surface area (Å²) < 4.78 is 0. The van der Waals surface area contributed by atoms with E-state index in [0.717, 1.165) is 24.8 Å². The van der Waals surface area contributed by atoms with Crippen molar-refractivity contribution in [3.05, 3.63) is 29.8 Å². The minimum absolute atomic E-state index is 0.0116. The molecule has 1 heterocycles. The quantitative estimate of drug-likeness (QED) is 0.841. The van der Waals surface area contributed by atoms with Gasteiger partial charge in [0.1, 0.15) is 5.75 Å². The van der Waals surface area contributed by atoms with E-state index < -0.39 is 0 Å². The van der Waals surface area contributed by atoms with E-state index in [1.165, 1.54) is 4.90 Å². The van der Waals surface area contributed by atoms with Crippen molar-refractivity contribution in [3.63, 3.8) is 0 Å². The van der Waals surface area contributed by atoms with Crippen LogP contribution in [0.15, 0.2) is 24.3 Å². The Morgan fingerprint density at radius 1 is 1.05 bits per heavy atom. The van der Waals surface area contributed by atoms with E-state index in [1.54, 1.807) is 12.1 Å². The first-order chi connectivity index (χ1) is 9.15. The molecule has 100 valence electrons. The number of imide groups is 1. The molecule has 0 spiro atoms. The number of carbonyl (C=O) groups excluding carboxylic acids is 2. The third-order valence-corrected chi connectivity index (χ3v) is 4.22. The highest BCUT2D eigenvalue weighted by molar-refractivity contribution is 6.00. The van der Waals surface area contributed by atoms with Crippen molar-refractivity contribution in [1.82, 2.24) is 4.90 Å². The maximum Gasteiger partial charge on any atom is 0.232 e. The molecule has 2 atom stereocenters. The monoisotopic (exact) mass is 259 g/mol. The third kappa shape index (κ3) is 2.23. The number of aromatic hydroxyl groups is 1. The lowest BCUT2D eigenvalue weighted by Gasteiger charge is -2.29. The van der Waals surface area contributed by atoms with Crippen LogP contribution in [0, 0.1) is 11.8 Å². The molecule has 19 heavy (non-hydrogen) atoms. The van der Waals surface area contributed by atoms with Gasteiger partial charge in [-0.15, -0.1) is 0 Å². The van der Waals surface area contributed by atoms with Gasteiger partial charge in [-0.2, -0.15) is 0 Å². The fourth-order valence-electron chi connectivity index (χ4n) is 3.10. The number of benzene rings is 1. The van der Waals surface area contributed by atoms with Gasteiger partial charge in [-0.05, 0) is 43.4 Å². The number of likely N-dealkylation sites (tertiary alicyclic amines) is 1. The van der Waals surface area contributed by atoms with Gasteiger partial charge in [0.15, 0.2) is 0 Å². The van der Waals surface area contributed by atoms with Gasteiger partial charge < -0.3 is 5.11 Å². The Balaban J connectivity index is 1.67. The molecule has 1 saturated carbocycles. The number of piperidine rings is 1. The summed E-state index contributed by atoms with van der Waals surface area (Å²) in [5, 5.41) is 9.22. The number of nitrogens with zero attached hydrogens (tertiary/aromatic N) is 1. The van der Waals surface area contributed by atoms with Gasteiger partial charge in [0.05, 0.1) is 0 Å². The van der Waals surface area contributed by atoms with E-state index in [9.17, 15) is 14.7 Å². The van der Waals surface area contributed by atoms with Gasteiger partial charge in [-0.1, -0.05) is 12.1 Å². The summed E-state index contributed by atoms with van der Waals surface area (Å²) in [6, 6.07) is 6.89. The van der Waals surface area contributed by atoms with E-state index in [-0.39, 0.29) is 29.4 Å². The maximum absolute atomic E-state index is 12.1. The summed E-state index contributed by atoms with van der Waals surface area (Å²) in [5.41, 5.74) is 1.02. The molecule has 2 bridgehead atoms. The summed E-state index contributed by atoms with van der Waals surface area (Å²) in [6.07, 6.45) is 3.14. The standard InChI is InChI=1S/C15H17NO3/c17-13-5-1-10(2-6-13)7-8-16-14(18)11-3-4-12(9-11)15(16)19/h1-2,5-6,11-12,17H,3-4,7-9H2. The molecular weight excluding hydrogens is 242 g/mol. The first-order valence-electron chi connectivity index (χ1n) is 6.78. The van der Waals surface area contributed by atoms with Crippen LogP contribution in [0.5, 0.6) is 5.75 Å². The van der Waals surface area contributed by atoms with Crippen molar-refractivity contribution < 1.29 is 14.7 Å². The minimum Gasteiger partial charge on any atom is -0.508 e. The summed E-state index contributed by atoms with van der Waals surface area (Å²) in [7, 11) is 0. The topological polar surface area (TPSA) is 57.6 Å². The van der Waals surface area contributed by atoms with Crippen molar-refractivity contribution in [2.75, 3.05) is 6.54 Å². The molecule has 0 aromatic heterocycles. The SMILES string of the molecule is O=C1C2CCC(C2)C(=O)N1CCc1ccc(O)cc1. The average molecular weight is 259 g/mol. The van der Waals surface area contributed by atoms with E-state index in [1.807, 2.05) is 12.1 Å². The zero-order valence-electron chi connectivity index (χ0n) is 10.7. The predicted molar refractivity (Wildman–Crippen MR) is 69.4 cm³/mol. The fourth-order valence-corrected chi connectivity index (χ4v) is 3.10. The van der Waals surface area contributed by atoms with Gasteiger partial charge in [0, 0.05) is 18.4 Å². The second-order valence-electron chi connectivity index (χ2n) is 5.45. The molecular formula is C15H17NO3. The predicted octanol–water partition coefficient (Wildman–Crippen LogP) is 1.72. The van der Waals surface area contributed by atoms with Crippen molar-refractivity contribution in [3.8, 4) is 5.75 Å². The van der Waals surface area contributed by atoms with Crippen molar-refractivity contribution in [2.24, 2.45) is 11.8 Å². The molecule has 3 rings (SSSR count). The van der Waals surface area contributed by atoms with Crippen molar-refractivity contribution in [2.45, 2.75) is 25.7 Å². The summed E-state index contributed by atoms with van der Waals surface area (Å²) in [5.74, 6) is 0.395. The van der Waals surface area contributed by atoms with E-state index >= 15 is 0 Å². The van der Waals surface area contributed by atoms with Crippen molar-refractivity contribution in [1.29, 1.82) is 0 Å². The van der Waals surface area contributed by atoms with Crippen LogP contribution in [-0.2, 0) is 16.0 Å². The molecule has 2 amide bonds. The molecule has 4 nitrogen and oxygen atoms in total. The number of phenols is 1. The second kappa shape index (κ2) is 4.68. The number of carbonyl (C=O) groups is 2. The Bertz CT molecular complexity index is 487. The second-order valence-corrected chi connectivity index (χ2v) is 5.45. The molecule has 1 aromatic rings. The van der Waals surface area contributed by atoms with Gasteiger partial charge in [0.2, 0.25) is 11.8 Å². The number of hydrogen-bond donors (Lipinski definition) is 1. The fraction of sp³-hybridized carbons (Fsp3) is 0.467. The Kier molecular flexibility index (Phi) is 3.01. The molecule has 1 aromatic carbocycles. The molecule has 2 unspecified atom stereocenters. The summed E-state index contributed by atoms with van der Waals surface area (Å²) in [6.45, 7) is 0.454. The first-order valence-corrected chi connectivity index (χ1v) is 6.78. The van der Waals surface area contributed by atoms with E-state index in [4.69, 9.17) is 0 Å². The Hall–Kier alpha value is -1.84. The smallest absolute Gasteiger partial charge is 0.232 e. The van der Waals surface area contributed by atoms with Crippen LogP contribution in [0.3, 0.4) is 0 Å². The molecule has 4 heteroatoms. The zero-order chi connectivity index (χ0) is 13.4. The number of fused-ring (bicyclic) bond motifs is 2. The highest BCUT2D eigenvalue weighted by Crippen LogP contribution is 2.38. The zero-order valence-corrected chi connectivity index (χ0v) is 10.7. The average Bonchev–Trinajstić information content (AvgIpc) is 2.86. The van der Waals surface area contributed by atoms with E-state index in [2.05, 4.69) is 0 Å². The molecule has 2 fully saturated rings. The normalized spacial score (nSPS) is 26.0. The molecule has 2 aliphatic rings. The Morgan fingerprint density at radius 2 is 1.63 bits per heavy atom. The van der Waals surface area contributed by atoms with Crippen LogP contribution >= 0.6 is 0 Å². The lowest BCUT2D eigenvalue weighted by molar-refractivity contribution is -0.152. The Labute approximate surface area is 112 Å². The number of amides is 2. The largest absolute Gasteiger partial charge is 0.508 e. The van der Waals surface area contributed by atoms with Crippen LogP contribution < -0.4 is 0 Å². The van der Waals surface area contributed by atoms with Gasteiger partial charge in [-0.25, -0.2) is 0 Å². The molecule has 1 saturated heterocycles. The molecule has 1 aliphatic carbocycles. The third-order valence-electron chi connectivity index (χ3n) is 4.22. The molecule has 1 aliphatic heterocycles. The van der Waals surface area contributed by atoms with Crippen LogP contribution in [0.2, 0.25) is 0 Å². The maximum atomic E-state index is 12.1. The van der Waals surface area contributed by atoms with Gasteiger partial charge in [0.25, 0.3) is 0 Å². The number of hydrogen-bond acceptors (Lipinski definition) is 3. The Morgan fingerprint density at radius 3 is 2.21 bits per heavy atom. The van der Waals surface area contributed by atoms with E-state index in [0.29, 0.717) is 13.0 Å². The van der Waals surface area contributed by atoms with Crippen LogP contribution in [-0.4, -0.2) is 28.4 Å². The highest BCUT2D eigenvalue weighted by Gasteiger charge is 2.44. The number of phenolic OH excluding ortho intramolecular Hbond substituents is 1. The molecule has 0 radical (unpaired) electrons. The molecule has 1 N–H and O–H groups in total. The summed E-state index contributed by atoms with van der Waals surface area (Å²) in [4.78, 5) is 25.7. The number of rotatable bonds is 3. The lowest BCUT2D eigenvalue weighted by Crippen LogP contribution is -2.47. The van der Waals surface area contributed by atoms with Crippen LogP contribution in [0.1, 0.15) is 24.8 Å². The first kappa shape index (κ1) is 12.2. The van der Waals surface area contributed by atoms with Crippen LogP contribution in [0.25, 0.3) is 0 Å². The van der Waals surface area contributed by atoms with Gasteiger partial charge in [-0.3, -0.25) is 14.5 Å².